The topological polar surface area (TPSA) is 96.4 Å². The number of carbonyl (C=O) groups is 1. The summed E-state index contributed by atoms with van der Waals surface area (Å²) in [5.74, 6) is -1.02. The first kappa shape index (κ1) is 10.9. The van der Waals surface area contributed by atoms with Crippen molar-refractivity contribution >= 4 is 11.7 Å². The van der Waals surface area contributed by atoms with Gasteiger partial charge >= 0.3 is 5.97 Å². The Morgan fingerprint density at radius 3 is 2.35 bits per heavy atom. The number of nitrogen functional groups attached to an aromatic ring is 1. The summed E-state index contributed by atoms with van der Waals surface area (Å²) in [6.07, 6.45) is 0. The SMILES string of the molecule is Nc1ccc(-c2ccc(O)cc2)nc1C(=O)O. The summed E-state index contributed by atoms with van der Waals surface area (Å²) >= 11 is 0. The molecule has 0 unspecified atom stereocenters. The number of benzene rings is 1. The van der Waals surface area contributed by atoms with Gasteiger partial charge in [0.25, 0.3) is 0 Å². The summed E-state index contributed by atoms with van der Waals surface area (Å²) in [5.41, 5.74) is 6.67. The highest BCUT2D eigenvalue weighted by Gasteiger charge is 2.11. The number of phenolic OH excluding ortho intramolecular Hbond substituents is 1. The Hall–Kier alpha value is -2.56. The van der Waals surface area contributed by atoms with Crippen LogP contribution in [0.25, 0.3) is 11.3 Å². The van der Waals surface area contributed by atoms with Crippen LogP contribution in [-0.2, 0) is 0 Å². The van der Waals surface area contributed by atoms with Gasteiger partial charge in [-0.1, -0.05) is 0 Å². The summed E-state index contributed by atoms with van der Waals surface area (Å²) < 4.78 is 0. The average Bonchev–Trinajstić information content (AvgIpc) is 2.30. The Kier molecular flexibility index (Phi) is 2.66. The van der Waals surface area contributed by atoms with Crippen molar-refractivity contribution < 1.29 is 15.0 Å². The van der Waals surface area contributed by atoms with Crippen molar-refractivity contribution in [2.24, 2.45) is 0 Å². The molecule has 0 saturated heterocycles. The average molecular weight is 230 g/mol. The lowest BCUT2D eigenvalue weighted by atomic mass is 10.1. The molecule has 0 radical (unpaired) electrons. The van der Waals surface area contributed by atoms with E-state index in [-0.39, 0.29) is 17.1 Å². The van der Waals surface area contributed by atoms with Gasteiger partial charge in [0.15, 0.2) is 5.69 Å². The van der Waals surface area contributed by atoms with Crippen LogP contribution in [0.15, 0.2) is 36.4 Å². The van der Waals surface area contributed by atoms with Crippen LogP contribution in [0, 0.1) is 0 Å². The molecule has 5 heteroatoms. The number of aromatic nitrogens is 1. The number of nitrogens with two attached hydrogens (primary N) is 1. The van der Waals surface area contributed by atoms with Gasteiger partial charge in [-0.05, 0) is 36.4 Å². The van der Waals surface area contributed by atoms with Crippen LogP contribution in [0.4, 0.5) is 5.69 Å². The van der Waals surface area contributed by atoms with E-state index >= 15 is 0 Å². The Morgan fingerprint density at radius 2 is 1.76 bits per heavy atom. The Bertz CT molecular complexity index is 564. The highest BCUT2D eigenvalue weighted by atomic mass is 16.4. The molecule has 0 saturated carbocycles. The van der Waals surface area contributed by atoms with Gasteiger partial charge in [0, 0.05) is 5.56 Å². The van der Waals surface area contributed by atoms with E-state index in [2.05, 4.69) is 4.98 Å². The fourth-order valence-electron chi connectivity index (χ4n) is 1.43. The van der Waals surface area contributed by atoms with E-state index < -0.39 is 5.97 Å². The van der Waals surface area contributed by atoms with Crippen molar-refractivity contribution in [2.45, 2.75) is 0 Å². The number of pyridine rings is 1. The van der Waals surface area contributed by atoms with Crippen LogP contribution in [0.2, 0.25) is 0 Å². The summed E-state index contributed by atoms with van der Waals surface area (Å²) in [4.78, 5) is 14.8. The van der Waals surface area contributed by atoms with E-state index in [1.165, 1.54) is 18.2 Å². The summed E-state index contributed by atoms with van der Waals surface area (Å²) in [7, 11) is 0. The first-order chi connectivity index (χ1) is 8.08. The standard InChI is InChI=1S/C12H10N2O3/c13-9-5-6-10(14-11(9)12(16)17)7-1-3-8(15)4-2-7/h1-6,15H,13H2,(H,16,17). The predicted octanol–water partition coefficient (Wildman–Crippen LogP) is 1.73. The van der Waals surface area contributed by atoms with Crippen molar-refractivity contribution in [3.05, 3.63) is 42.1 Å². The highest BCUT2D eigenvalue weighted by molar-refractivity contribution is 5.92. The van der Waals surface area contributed by atoms with Gasteiger partial charge in [-0.3, -0.25) is 0 Å². The molecule has 0 aliphatic heterocycles. The zero-order valence-electron chi connectivity index (χ0n) is 8.79. The molecule has 1 aromatic carbocycles. The Balaban J connectivity index is 2.50. The normalized spacial score (nSPS) is 10.1. The van der Waals surface area contributed by atoms with Gasteiger partial charge in [0.05, 0.1) is 11.4 Å². The molecule has 5 nitrogen and oxygen atoms in total. The van der Waals surface area contributed by atoms with Crippen molar-refractivity contribution in [1.29, 1.82) is 0 Å². The van der Waals surface area contributed by atoms with E-state index in [4.69, 9.17) is 15.9 Å². The van der Waals surface area contributed by atoms with Gasteiger partial charge in [-0.2, -0.15) is 0 Å². The maximum atomic E-state index is 10.9. The summed E-state index contributed by atoms with van der Waals surface area (Å²) in [6.45, 7) is 0. The van der Waals surface area contributed by atoms with Gasteiger partial charge in [-0.15, -0.1) is 0 Å². The molecule has 0 bridgehead atoms. The number of phenols is 1. The fourth-order valence-corrected chi connectivity index (χ4v) is 1.43. The predicted molar refractivity (Wildman–Crippen MR) is 62.7 cm³/mol. The van der Waals surface area contributed by atoms with Crippen molar-refractivity contribution in [3.63, 3.8) is 0 Å². The lowest BCUT2D eigenvalue weighted by molar-refractivity contribution is 0.0692. The van der Waals surface area contributed by atoms with E-state index in [0.29, 0.717) is 11.3 Å². The van der Waals surface area contributed by atoms with E-state index in [0.717, 1.165) is 0 Å². The molecule has 0 amide bonds. The van der Waals surface area contributed by atoms with E-state index in [9.17, 15) is 4.79 Å². The highest BCUT2D eigenvalue weighted by Crippen LogP contribution is 2.22. The molecule has 0 aliphatic carbocycles. The molecule has 86 valence electrons. The minimum Gasteiger partial charge on any atom is -0.508 e. The number of hydrogen-bond donors (Lipinski definition) is 3. The maximum absolute atomic E-state index is 10.9. The van der Waals surface area contributed by atoms with Crippen LogP contribution in [0.1, 0.15) is 10.5 Å². The molecule has 4 N–H and O–H groups in total. The number of aromatic carboxylic acids is 1. The number of hydrogen-bond acceptors (Lipinski definition) is 4. The second-order valence-corrected chi connectivity index (χ2v) is 3.49. The molecule has 0 atom stereocenters. The van der Waals surface area contributed by atoms with Crippen LogP contribution in [-0.4, -0.2) is 21.2 Å². The molecule has 2 aromatic rings. The summed E-state index contributed by atoms with van der Waals surface area (Å²) in [5, 5.41) is 18.1. The van der Waals surface area contributed by atoms with Crippen molar-refractivity contribution in [1.82, 2.24) is 4.98 Å². The van der Waals surface area contributed by atoms with Crippen LogP contribution >= 0.6 is 0 Å². The molecule has 0 spiro atoms. The monoisotopic (exact) mass is 230 g/mol. The third kappa shape index (κ3) is 2.17. The zero-order chi connectivity index (χ0) is 12.4. The first-order valence-electron chi connectivity index (χ1n) is 4.87. The summed E-state index contributed by atoms with van der Waals surface area (Å²) in [6, 6.07) is 9.45. The number of carboxylic acid groups (broad SMARTS) is 1. The van der Waals surface area contributed by atoms with Crippen LogP contribution in [0.3, 0.4) is 0 Å². The number of rotatable bonds is 2. The van der Waals surface area contributed by atoms with Gasteiger partial charge in [0.1, 0.15) is 5.75 Å². The Morgan fingerprint density at radius 1 is 1.12 bits per heavy atom. The third-order valence-corrected chi connectivity index (χ3v) is 2.29. The molecule has 1 heterocycles. The molecule has 0 fully saturated rings. The molecule has 1 aromatic heterocycles. The molecule has 0 aliphatic rings. The molecular weight excluding hydrogens is 220 g/mol. The fraction of sp³-hybridized carbons (Fsp3) is 0. The van der Waals surface area contributed by atoms with Crippen LogP contribution in [0.5, 0.6) is 5.75 Å². The lowest BCUT2D eigenvalue weighted by Crippen LogP contribution is -2.06. The minimum atomic E-state index is -1.16. The number of anilines is 1. The first-order valence-corrected chi connectivity index (χ1v) is 4.87. The largest absolute Gasteiger partial charge is 0.508 e. The van der Waals surface area contributed by atoms with E-state index in [1.807, 2.05) is 0 Å². The van der Waals surface area contributed by atoms with Gasteiger partial charge < -0.3 is 15.9 Å². The zero-order valence-corrected chi connectivity index (χ0v) is 8.79. The third-order valence-electron chi connectivity index (χ3n) is 2.29. The smallest absolute Gasteiger partial charge is 0.356 e. The van der Waals surface area contributed by atoms with Crippen LogP contribution < -0.4 is 5.73 Å². The number of nitrogens with zero attached hydrogens (tertiary/aromatic N) is 1. The maximum Gasteiger partial charge on any atom is 0.356 e. The van der Waals surface area contributed by atoms with Gasteiger partial charge in [-0.25, -0.2) is 9.78 Å². The second-order valence-electron chi connectivity index (χ2n) is 3.49. The van der Waals surface area contributed by atoms with Crippen molar-refractivity contribution in [3.8, 4) is 17.0 Å². The van der Waals surface area contributed by atoms with Gasteiger partial charge in [0.2, 0.25) is 0 Å². The molecule has 17 heavy (non-hydrogen) atoms. The van der Waals surface area contributed by atoms with E-state index in [1.54, 1.807) is 18.2 Å². The molecule has 2 rings (SSSR count). The Labute approximate surface area is 97.2 Å². The molecular formula is C12H10N2O3. The minimum absolute atomic E-state index is 0.125. The lowest BCUT2D eigenvalue weighted by Gasteiger charge is -2.04. The number of aromatic hydroxyl groups is 1. The second kappa shape index (κ2) is 4.13. The number of carboxylic acids is 1. The quantitative estimate of drug-likeness (QED) is 0.730. The van der Waals surface area contributed by atoms with Crippen molar-refractivity contribution in [2.75, 3.05) is 5.73 Å².